The summed E-state index contributed by atoms with van der Waals surface area (Å²) in [4.78, 5) is 7.39. The number of nitrogens with one attached hydrogen (secondary N) is 1. The van der Waals surface area contributed by atoms with Crippen LogP contribution >= 0.6 is 11.6 Å². The molecule has 0 aliphatic heterocycles. The Bertz CT molecular complexity index is 977. The van der Waals surface area contributed by atoms with Crippen molar-refractivity contribution >= 4 is 39.1 Å². The van der Waals surface area contributed by atoms with Gasteiger partial charge in [-0.2, -0.15) is 0 Å². The lowest BCUT2D eigenvalue weighted by Crippen LogP contribution is -2.33. The van der Waals surface area contributed by atoms with Crippen LogP contribution in [-0.4, -0.2) is 43.2 Å². The summed E-state index contributed by atoms with van der Waals surface area (Å²) in [5.74, 6) is 2.20. The van der Waals surface area contributed by atoms with E-state index < -0.39 is 0 Å². The van der Waals surface area contributed by atoms with Crippen molar-refractivity contribution in [2.75, 3.05) is 38.6 Å². The maximum atomic E-state index is 6.23. The van der Waals surface area contributed by atoms with Crippen LogP contribution in [0.3, 0.4) is 0 Å². The van der Waals surface area contributed by atoms with Crippen molar-refractivity contribution in [3.63, 3.8) is 0 Å². The van der Waals surface area contributed by atoms with Crippen molar-refractivity contribution in [1.82, 2.24) is 9.88 Å². The minimum absolute atomic E-state index is 0.682. The molecule has 4 nitrogen and oxygen atoms in total. The van der Waals surface area contributed by atoms with Crippen molar-refractivity contribution in [2.45, 2.75) is 34.1 Å². The molecule has 0 unspecified atom stereocenters. The fourth-order valence-corrected chi connectivity index (χ4v) is 4.19. The number of nitrogens with zero attached hydrogens (tertiary/aromatic N) is 2. The van der Waals surface area contributed by atoms with Crippen molar-refractivity contribution in [3.8, 4) is 5.75 Å². The van der Waals surface area contributed by atoms with Gasteiger partial charge < -0.3 is 15.0 Å². The summed E-state index contributed by atoms with van der Waals surface area (Å²) in [6.45, 7) is 13.5. The average molecular weight is 428 g/mol. The van der Waals surface area contributed by atoms with Crippen LogP contribution in [0.5, 0.6) is 5.75 Å². The van der Waals surface area contributed by atoms with E-state index in [-0.39, 0.29) is 0 Å². The van der Waals surface area contributed by atoms with Crippen LogP contribution < -0.4 is 10.1 Å². The quantitative estimate of drug-likeness (QED) is 0.297. The van der Waals surface area contributed by atoms with E-state index in [1.54, 1.807) is 7.11 Å². The van der Waals surface area contributed by atoms with Gasteiger partial charge in [-0.15, -0.1) is 0 Å². The van der Waals surface area contributed by atoms with E-state index in [2.05, 4.69) is 50.0 Å². The van der Waals surface area contributed by atoms with Gasteiger partial charge in [0.1, 0.15) is 5.75 Å². The van der Waals surface area contributed by atoms with Crippen molar-refractivity contribution in [3.05, 3.63) is 41.4 Å². The minimum Gasteiger partial charge on any atom is -0.497 e. The molecule has 0 aliphatic carbocycles. The Balaban J connectivity index is 1.82. The molecule has 0 aliphatic rings. The summed E-state index contributed by atoms with van der Waals surface area (Å²) in [6.07, 6.45) is 1.09. The van der Waals surface area contributed by atoms with Crippen LogP contribution in [0.4, 0.5) is 5.69 Å². The number of methoxy groups -OCH3 is 1. The SMILES string of the molecule is COc1ccc2nc3cc(Cl)ccc3c(NCCCN(CC(C)C)CC(C)C)c2c1. The van der Waals surface area contributed by atoms with E-state index >= 15 is 0 Å². The Kier molecular flexibility index (Phi) is 7.79. The first kappa shape index (κ1) is 22.6. The predicted octanol–water partition coefficient (Wildman–Crippen LogP) is 6.47. The number of hydrogen-bond donors (Lipinski definition) is 1. The molecule has 30 heavy (non-hydrogen) atoms. The lowest BCUT2D eigenvalue weighted by atomic mass is 10.1. The smallest absolute Gasteiger partial charge is 0.119 e. The molecule has 0 radical (unpaired) electrons. The molecule has 0 saturated carbocycles. The van der Waals surface area contributed by atoms with Crippen molar-refractivity contribution < 1.29 is 4.74 Å². The second-order valence-corrected chi connectivity index (χ2v) is 9.30. The number of hydrogen-bond acceptors (Lipinski definition) is 4. The number of fused-ring (bicyclic) bond motifs is 2. The second-order valence-electron chi connectivity index (χ2n) is 8.86. The highest BCUT2D eigenvalue weighted by Crippen LogP contribution is 2.34. The Morgan fingerprint density at radius 1 is 0.967 bits per heavy atom. The zero-order valence-corrected chi connectivity index (χ0v) is 19.6. The van der Waals surface area contributed by atoms with Gasteiger partial charge >= 0.3 is 0 Å². The number of halogens is 1. The Hall–Kier alpha value is -2.04. The summed E-state index contributed by atoms with van der Waals surface area (Å²) in [5.41, 5.74) is 2.95. The van der Waals surface area contributed by atoms with Gasteiger partial charge in [-0.05, 0) is 61.2 Å². The van der Waals surface area contributed by atoms with E-state index in [4.69, 9.17) is 21.3 Å². The van der Waals surface area contributed by atoms with Gasteiger partial charge in [0.2, 0.25) is 0 Å². The molecule has 162 valence electrons. The summed E-state index contributed by atoms with van der Waals surface area (Å²) in [7, 11) is 1.69. The average Bonchev–Trinajstić information content (AvgIpc) is 2.68. The zero-order valence-electron chi connectivity index (χ0n) is 18.8. The highest BCUT2D eigenvalue weighted by molar-refractivity contribution is 6.31. The van der Waals surface area contributed by atoms with Crippen LogP contribution in [0.2, 0.25) is 5.02 Å². The summed E-state index contributed by atoms with van der Waals surface area (Å²) in [5, 5.41) is 6.56. The van der Waals surface area contributed by atoms with Gasteiger partial charge in [0.25, 0.3) is 0 Å². The van der Waals surface area contributed by atoms with Gasteiger partial charge in [0, 0.05) is 35.4 Å². The lowest BCUT2D eigenvalue weighted by Gasteiger charge is -2.26. The predicted molar refractivity (Wildman–Crippen MR) is 130 cm³/mol. The normalized spacial score (nSPS) is 11.9. The highest BCUT2D eigenvalue weighted by Gasteiger charge is 2.12. The van der Waals surface area contributed by atoms with E-state index in [9.17, 15) is 0 Å². The summed E-state index contributed by atoms with van der Waals surface area (Å²) < 4.78 is 5.46. The highest BCUT2D eigenvalue weighted by atomic mass is 35.5. The molecule has 0 saturated heterocycles. The Labute approximate surface area is 185 Å². The fraction of sp³-hybridized carbons (Fsp3) is 0.480. The molecule has 1 aromatic heterocycles. The second kappa shape index (κ2) is 10.3. The first-order chi connectivity index (χ1) is 14.4. The summed E-state index contributed by atoms with van der Waals surface area (Å²) >= 11 is 6.23. The third kappa shape index (κ3) is 5.77. The molecule has 0 bridgehead atoms. The first-order valence-electron chi connectivity index (χ1n) is 10.9. The molecule has 1 heterocycles. The third-order valence-corrected chi connectivity index (χ3v) is 5.38. The number of ether oxygens (including phenoxy) is 1. The van der Waals surface area contributed by atoms with Gasteiger partial charge in [0.15, 0.2) is 0 Å². The first-order valence-corrected chi connectivity index (χ1v) is 11.3. The van der Waals surface area contributed by atoms with E-state index in [0.717, 1.165) is 65.8 Å². The maximum Gasteiger partial charge on any atom is 0.119 e. The van der Waals surface area contributed by atoms with Gasteiger partial charge in [-0.25, -0.2) is 4.98 Å². The Morgan fingerprint density at radius 2 is 1.70 bits per heavy atom. The molecule has 1 N–H and O–H groups in total. The number of pyridine rings is 1. The molecule has 0 amide bonds. The number of anilines is 1. The van der Waals surface area contributed by atoms with Gasteiger partial charge in [-0.3, -0.25) is 0 Å². The third-order valence-electron chi connectivity index (χ3n) is 5.14. The molecule has 2 aromatic carbocycles. The van der Waals surface area contributed by atoms with E-state index in [1.165, 1.54) is 0 Å². The maximum absolute atomic E-state index is 6.23. The number of aromatic nitrogens is 1. The van der Waals surface area contributed by atoms with Crippen LogP contribution in [-0.2, 0) is 0 Å². The van der Waals surface area contributed by atoms with Crippen LogP contribution in [0.15, 0.2) is 36.4 Å². The standard InChI is InChI=1S/C25H34ClN3O/c1-17(2)15-29(16-18(3)4)12-6-11-27-25-21-9-7-19(26)13-24(21)28-23-10-8-20(30-5)14-22(23)25/h7-10,13-14,17-18H,6,11-12,15-16H2,1-5H3,(H,27,28). The monoisotopic (exact) mass is 427 g/mol. The molecular formula is C25H34ClN3O. The minimum atomic E-state index is 0.682. The topological polar surface area (TPSA) is 37.4 Å². The molecule has 5 heteroatoms. The van der Waals surface area contributed by atoms with Gasteiger partial charge in [-0.1, -0.05) is 39.3 Å². The number of rotatable bonds is 10. The molecule has 3 aromatic rings. The van der Waals surface area contributed by atoms with E-state index in [0.29, 0.717) is 16.9 Å². The summed E-state index contributed by atoms with van der Waals surface area (Å²) in [6, 6.07) is 11.9. The molecule has 0 spiro atoms. The molecule has 3 rings (SSSR count). The Morgan fingerprint density at radius 3 is 2.37 bits per heavy atom. The van der Waals surface area contributed by atoms with E-state index in [1.807, 2.05) is 24.3 Å². The fourth-order valence-electron chi connectivity index (χ4n) is 4.02. The molecule has 0 atom stereocenters. The van der Waals surface area contributed by atoms with Crippen molar-refractivity contribution in [1.29, 1.82) is 0 Å². The largest absolute Gasteiger partial charge is 0.497 e. The molecular weight excluding hydrogens is 394 g/mol. The van der Waals surface area contributed by atoms with Crippen LogP contribution in [0.25, 0.3) is 21.8 Å². The zero-order chi connectivity index (χ0) is 21.7. The van der Waals surface area contributed by atoms with Crippen molar-refractivity contribution in [2.24, 2.45) is 11.8 Å². The number of benzene rings is 2. The molecule has 0 fully saturated rings. The lowest BCUT2D eigenvalue weighted by molar-refractivity contribution is 0.219. The van der Waals surface area contributed by atoms with Gasteiger partial charge in [0.05, 0.1) is 23.8 Å². The van der Waals surface area contributed by atoms with Crippen LogP contribution in [0.1, 0.15) is 34.1 Å². The van der Waals surface area contributed by atoms with Crippen LogP contribution in [0, 0.1) is 11.8 Å².